The van der Waals surface area contributed by atoms with Gasteiger partial charge in [0.1, 0.15) is 5.82 Å². The minimum absolute atomic E-state index is 0.333. The zero-order valence-electron chi connectivity index (χ0n) is 15.8. The molecule has 0 aliphatic carbocycles. The minimum atomic E-state index is -0.974. The Bertz CT molecular complexity index is 975. The number of halogens is 1. The van der Waals surface area contributed by atoms with E-state index in [4.69, 9.17) is 16.3 Å². The van der Waals surface area contributed by atoms with Gasteiger partial charge in [-0.25, -0.2) is 9.78 Å². The fourth-order valence-electron chi connectivity index (χ4n) is 2.78. The molecule has 0 saturated heterocycles. The predicted octanol–water partition coefficient (Wildman–Crippen LogP) is 4.33. The summed E-state index contributed by atoms with van der Waals surface area (Å²) in [6.45, 7) is 5.54. The molecule has 3 rings (SSSR count). The molecule has 0 unspecified atom stereocenters. The van der Waals surface area contributed by atoms with Crippen molar-refractivity contribution in [3.63, 3.8) is 0 Å². The van der Waals surface area contributed by atoms with Gasteiger partial charge in [0.2, 0.25) is 0 Å². The second-order valence-corrected chi connectivity index (χ2v) is 6.83. The van der Waals surface area contributed by atoms with E-state index in [2.05, 4.69) is 14.9 Å². The van der Waals surface area contributed by atoms with Crippen LogP contribution < -0.4 is 5.32 Å². The van der Waals surface area contributed by atoms with Crippen molar-refractivity contribution in [2.24, 2.45) is 0 Å². The Kier molecular flexibility index (Phi) is 5.80. The number of anilines is 1. The van der Waals surface area contributed by atoms with Crippen molar-refractivity contribution in [1.82, 2.24) is 9.55 Å². The lowest BCUT2D eigenvalue weighted by Gasteiger charge is -2.14. The molecule has 2 heterocycles. The summed E-state index contributed by atoms with van der Waals surface area (Å²) >= 11 is 5.76. The number of aromatic nitrogens is 2. The van der Waals surface area contributed by atoms with Crippen molar-refractivity contribution in [2.45, 2.75) is 26.9 Å². The quantitative estimate of drug-likeness (QED) is 0.650. The van der Waals surface area contributed by atoms with Crippen molar-refractivity contribution in [3.05, 3.63) is 76.7 Å². The van der Waals surface area contributed by atoms with Crippen molar-refractivity contribution in [3.8, 4) is 5.69 Å². The Balaban J connectivity index is 1.63. The van der Waals surface area contributed by atoms with Gasteiger partial charge < -0.3 is 14.6 Å². The number of esters is 1. The van der Waals surface area contributed by atoms with Crippen LogP contribution in [0.1, 0.15) is 28.7 Å². The standard InChI is InChI=1S/C21H20ClN3O3/c1-13-4-5-14(2)25(13)18-9-6-16(7-10-18)21(27)28-15(3)20(26)24-19-11-8-17(22)12-23-19/h4-12,15H,1-3H3,(H,23,24,26)/t15-/m1/s1. The Morgan fingerprint density at radius 3 is 2.25 bits per heavy atom. The van der Waals surface area contributed by atoms with E-state index < -0.39 is 18.0 Å². The molecule has 0 radical (unpaired) electrons. The number of rotatable bonds is 5. The van der Waals surface area contributed by atoms with E-state index in [1.807, 2.05) is 38.1 Å². The van der Waals surface area contributed by atoms with Gasteiger partial charge in [0.15, 0.2) is 6.10 Å². The molecule has 28 heavy (non-hydrogen) atoms. The number of aryl methyl sites for hydroxylation is 2. The second kappa shape index (κ2) is 8.27. The van der Waals surface area contributed by atoms with Gasteiger partial charge in [-0.2, -0.15) is 0 Å². The van der Waals surface area contributed by atoms with Crippen molar-refractivity contribution in [2.75, 3.05) is 5.32 Å². The van der Waals surface area contributed by atoms with Crippen LogP contribution in [0, 0.1) is 13.8 Å². The average Bonchev–Trinajstić information content (AvgIpc) is 3.02. The van der Waals surface area contributed by atoms with Crippen molar-refractivity contribution in [1.29, 1.82) is 0 Å². The lowest BCUT2D eigenvalue weighted by molar-refractivity contribution is -0.123. The number of amides is 1. The third kappa shape index (κ3) is 4.40. The van der Waals surface area contributed by atoms with E-state index in [-0.39, 0.29) is 0 Å². The molecule has 2 aromatic heterocycles. The zero-order chi connectivity index (χ0) is 20.3. The number of hydrogen-bond acceptors (Lipinski definition) is 4. The van der Waals surface area contributed by atoms with E-state index in [1.54, 1.807) is 24.3 Å². The van der Waals surface area contributed by atoms with Gasteiger partial charge in [-0.05, 0) is 69.3 Å². The monoisotopic (exact) mass is 397 g/mol. The van der Waals surface area contributed by atoms with E-state index in [0.29, 0.717) is 16.4 Å². The summed E-state index contributed by atoms with van der Waals surface area (Å²) in [5.74, 6) is -0.711. The number of nitrogens with one attached hydrogen (secondary N) is 1. The average molecular weight is 398 g/mol. The van der Waals surface area contributed by atoms with Crippen LogP contribution in [0.25, 0.3) is 5.69 Å². The summed E-state index contributed by atoms with van der Waals surface area (Å²) in [7, 11) is 0. The predicted molar refractivity (Wildman–Crippen MR) is 108 cm³/mol. The number of benzene rings is 1. The van der Waals surface area contributed by atoms with Crippen LogP contribution >= 0.6 is 11.6 Å². The molecule has 0 aliphatic rings. The van der Waals surface area contributed by atoms with E-state index in [0.717, 1.165) is 17.1 Å². The summed E-state index contributed by atoms with van der Waals surface area (Å²) in [5.41, 5.74) is 3.54. The fraction of sp³-hybridized carbons (Fsp3) is 0.190. The summed E-state index contributed by atoms with van der Waals surface area (Å²) in [5, 5.41) is 3.04. The molecule has 0 spiro atoms. The Hall–Kier alpha value is -3.12. The van der Waals surface area contributed by atoms with Crippen LogP contribution in [-0.2, 0) is 9.53 Å². The van der Waals surface area contributed by atoms with E-state index >= 15 is 0 Å². The van der Waals surface area contributed by atoms with Crippen LogP contribution in [0.3, 0.4) is 0 Å². The van der Waals surface area contributed by atoms with Crippen LogP contribution in [0.4, 0.5) is 5.82 Å². The second-order valence-electron chi connectivity index (χ2n) is 6.40. The first-order chi connectivity index (χ1) is 13.3. The van der Waals surface area contributed by atoms with Gasteiger partial charge in [0.05, 0.1) is 10.6 Å². The molecule has 0 fully saturated rings. The third-order valence-corrected chi connectivity index (χ3v) is 4.49. The maximum atomic E-state index is 12.3. The number of ether oxygens (including phenoxy) is 1. The molecule has 0 bridgehead atoms. The minimum Gasteiger partial charge on any atom is -0.449 e. The molecular formula is C21H20ClN3O3. The largest absolute Gasteiger partial charge is 0.449 e. The normalized spacial score (nSPS) is 11.7. The van der Waals surface area contributed by atoms with Gasteiger partial charge >= 0.3 is 5.97 Å². The molecule has 1 aromatic carbocycles. The molecule has 7 heteroatoms. The topological polar surface area (TPSA) is 73.2 Å². The number of carbonyl (C=O) groups is 2. The highest BCUT2D eigenvalue weighted by atomic mass is 35.5. The van der Waals surface area contributed by atoms with Gasteiger partial charge in [0.25, 0.3) is 5.91 Å². The highest BCUT2D eigenvalue weighted by Gasteiger charge is 2.19. The van der Waals surface area contributed by atoms with Crippen molar-refractivity contribution >= 4 is 29.3 Å². The summed E-state index contributed by atoms with van der Waals surface area (Å²) < 4.78 is 7.35. The first-order valence-corrected chi connectivity index (χ1v) is 9.12. The fourth-order valence-corrected chi connectivity index (χ4v) is 2.89. The van der Waals surface area contributed by atoms with Crippen molar-refractivity contribution < 1.29 is 14.3 Å². The first-order valence-electron chi connectivity index (χ1n) is 8.74. The SMILES string of the molecule is Cc1ccc(C)n1-c1ccc(C(=O)O[C@H](C)C(=O)Nc2ccc(Cl)cn2)cc1. The van der Waals surface area contributed by atoms with Gasteiger partial charge in [-0.3, -0.25) is 4.79 Å². The molecule has 144 valence electrons. The molecule has 1 amide bonds. The number of hydrogen-bond donors (Lipinski definition) is 1. The van der Waals surface area contributed by atoms with Gasteiger partial charge in [-0.1, -0.05) is 11.6 Å². The molecule has 1 N–H and O–H groups in total. The maximum Gasteiger partial charge on any atom is 0.338 e. The highest BCUT2D eigenvalue weighted by Crippen LogP contribution is 2.17. The van der Waals surface area contributed by atoms with Gasteiger partial charge in [0, 0.05) is 23.3 Å². The lowest BCUT2D eigenvalue weighted by atomic mass is 10.2. The van der Waals surface area contributed by atoms with Gasteiger partial charge in [-0.15, -0.1) is 0 Å². The summed E-state index contributed by atoms with van der Waals surface area (Å²) in [6.07, 6.45) is 0.447. The summed E-state index contributed by atoms with van der Waals surface area (Å²) in [4.78, 5) is 28.5. The number of nitrogens with zero attached hydrogens (tertiary/aromatic N) is 2. The lowest BCUT2D eigenvalue weighted by Crippen LogP contribution is -2.30. The molecular weight excluding hydrogens is 378 g/mol. The maximum absolute atomic E-state index is 12.3. The van der Waals surface area contributed by atoms with Crippen LogP contribution in [0.2, 0.25) is 5.02 Å². The van der Waals surface area contributed by atoms with Crippen LogP contribution in [0.15, 0.2) is 54.7 Å². The Morgan fingerprint density at radius 2 is 1.68 bits per heavy atom. The molecule has 0 aliphatic heterocycles. The van der Waals surface area contributed by atoms with Crippen LogP contribution in [0.5, 0.6) is 0 Å². The number of pyridine rings is 1. The molecule has 6 nitrogen and oxygen atoms in total. The highest BCUT2D eigenvalue weighted by molar-refractivity contribution is 6.30. The Labute approximate surface area is 168 Å². The van der Waals surface area contributed by atoms with E-state index in [1.165, 1.54) is 13.1 Å². The molecule has 0 saturated carbocycles. The molecule has 3 aromatic rings. The Morgan fingerprint density at radius 1 is 1.04 bits per heavy atom. The third-order valence-electron chi connectivity index (χ3n) is 4.26. The molecule has 1 atom stereocenters. The van der Waals surface area contributed by atoms with Crippen LogP contribution in [-0.4, -0.2) is 27.5 Å². The summed E-state index contributed by atoms with van der Waals surface area (Å²) in [6, 6.07) is 14.3. The number of carbonyl (C=O) groups excluding carboxylic acids is 2. The zero-order valence-corrected chi connectivity index (χ0v) is 16.5. The first kappa shape index (κ1) is 19.6. The van der Waals surface area contributed by atoms with E-state index in [9.17, 15) is 9.59 Å². The smallest absolute Gasteiger partial charge is 0.338 e.